The van der Waals surface area contributed by atoms with Crippen LogP contribution >= 0.6 is 0 Å². The Balaban J connectivity index is 4.67. The normalized spacial score (nSPS) is 13.6. The topological polar surface area (TPSA) is 112 Å². The molecule has 6 heteroatoms. The van der Waals surface area contributed by atoms with Gasteiger partial charge in [0.1, 0.15) is 12.2 Å². The van der Waals surface area contributed by atoms with Crippen molar-refractivity contribution in [3.63, 3.8) is 0 Å². The Bertz CT molecular complexity index is 745. The first-order valence-corrected chi connectivity index (χ1v) is 17.7. The van der Waals surface area contributed by atoms with Crippen LogP contribution in [0.1, 0.15) is 175 Å². The van der Waals surface area contributed by atoms with Gasteiger partial charge in [0.05, 0.1) is 0 Å². The second-order valence-corrected chi connectivity index (χ2v) is 12.3. The summed E-state index contributed by atoms with van der Waals surface area (Å²) >= 11 is 0. The van der Waals surface area contributed by atoms with Crippen molar-refractivity contribution in [1.82, 2.24) is 0 Å². The van der Waals surface area contributed by atoms with Gasteiger partial charge in [-0.25, -0.2) is 0 Å². The molecule has 0 heterocycles. The van der Waals surface area contributed by atoms with Gasteiger partial charge in [-0.3, -0.25) is 14.4 Å². The van der Waals surface area contributed by atoms with Gasteiger partial charge < -0.3 is 15.3 Å². The Morgan fingerprint density at radius 3 is 1.40 bits per heavy atom. The molecule has 2 atom stereocenters. The van der Waals surface area contributed by atoms with Crippen LogP contribution in [-0.2, 0) is 14.4 Å². The summed E-state index contributed by atoms with van der Waals surface area (Å²) in [6.45, 7) is 6.40. The molecule has 0 bridgehead atoms. The molecular formula is C37H66O6. The highest BCUT2D eigenvalue weighted by atomic mass is 16.4. The molecule has 3 N–H and O–H groups in total. The van der Waals surface area contributed by atoms with Gasteiger partial charge in [-0.05, 0) is 51.4 Å². The number of rotatable bonds is 31. The number of unbranched alkanes of at least 4 members (excludes halogenated alkanes) is 16. The van der Waals surface area contributed by atoms with Crippen molar-refractivity contribution in [2.75, 3.05) is 0 Å². The van der Waals surface area contributed by atoms with E-state index in [2.05, 4.69) is 45.1 Å². The summed E-state index contributed by atoms with van der Waals surface area (Å²) in [4.78, 5) is 38.9. The molecule has 0 aliphatic rings. The minimum absolute atomic E-state index is 0.0369. The maximum Gasteiger partial charge on any atom is 0.210 e. The van der Waals surface area contributed by atoms with E-state index in [0.717, 1.165) is 96.3 Å². The number of Topliss-reactive ketones (excluding diaryl/α,β-unsaturated/α-hetero) is 3. The van der Waals surface area contributed by atoms with E-state index in [9.17, 15) is 29.7 Å². The number of ketones is 3. The standard InChI is InChI=1S/C37H66O6/c1-4-7-10-13-14-15-16-17-18-19-20-21-22-25-26-29-32(38)35(41)36(42)37(43,33(39)30-27-23-11-8-5-2)34(40)31-28-24-12-9-6-3/h14-15,17-18,35-36,41-43H,4-13,16,19-31H2,1-3H3/b15-14-,18-17-. The zero-order valence-electron chi connectivity index (χ0n) is 28.0. The molecule has 0 rings (SSSR count). The first kappa shape index (κ1) is 41.4. The lowest BCUT2D eigenvalue weighted by Crippen LogP contribution is -2.61. The minimum atomic E-state index is -2.75. The smallest absolute Gasteiger partial charge is 0.210 e. The molecule has 0 amide bonds. The number of allylic oxidation sites excluding steroid dienone is 4. The number of aliphatic hydroxyl groups excluding tert-OH is 2. The van der Waals surface area contributed by atoms with Crippen LogP contribution in [0.4, 0.5) is 0 Å². The van der Waals surface area contributed by atoms with Crippen molar-refractivity contribution in [2.45, 2.75) is 193 Å². The van der Waals surface area contributed by atoms with Gasteiger partial charge in [-0.2, -0.15) is 0 Å². The SMILES string of the molecule is CCCCC/C=C\C/C=C\CCCCCCCC(=O)C(O)C(O)C(O)(C(=O)CCCCCCC)C(=O)CCCCCCC. The average molecular weight is 607 g/mol. The largest absolute Gasteiger partial charge is 0.386 e. The van der Waals surface area contributed by atoms with E-state index in [4.69, 9.17) is 0 Å². The van der Waals surface area contributed by atoms with Crippen LogP contribution in [0.5, 0.6) is 0 Å². The maximum atomic E-state index is 13.1. The van der Waals surface area contributed by atoms with E-state index < -0.39 is 35.2 Å². The molecule has 0 radical (unpaired) electrons. The van der Waals surface area contributed by atoms with Crippen LogP contribution in [0.25, 0.3) is 0 Å². The van der Waals surface area contributed by atoms with Gasteiger partial charge in [0.25, 0.3) is 0 Å². The molecule has 43 heavy (non-hydrogen) atoms. The summed E-state index contributed by atoms with van der Waals surface area (Å²) < 4.78 is 0. The van der Waals surface area contributed by atoms with Crippen LogP contribution in [-0.4, -0.2) is 50.5 Å². The average Bonchev–Trinajstić information content (AvgIpc) is 3.01. The van der Waals surface area contributed by atoms with Gasteiger partial charge in [-0.1, -0.05) is 129 Å². The lowest BCUT2D eigenvalue weighted by Gasteiger charge is -2.32. The molecule has 0 aromatic heterocycles. The molecule has 250 valence electrons. The predicted octanol–water partition coefficient (Wildman–Crippen LogP) is 8.68. The number of carbonyl (C=O) groups excluding carboxylic acids is 3. The third-order valence-electron chi connectivity index (χ3n) is 8.30. The van der Waals surface area contributed by atoms with Gasteiger partial charge in [0.2, 0.25) is 5.60 Å². The summed E-state index contributed by atoms with van der Waals surface area (Å²) in [5.74, 6) is -2.22. The molecule has 0 aromatic carbocycles. The van der Waals surface area contributed by atoms with Crippen molar-refractivity contribution in [2.24, 2.45) is 0 Å². The molecule has 0 fully saturated rings. The van der Waals surface area contributed by atoms with Gasteiger partial charge in [0.15, 0.2) is 17.3 Å². The highest BCUT2D eigenvalue weighted by Gasteiger charge is 2.52. The first-order chi connectivity index (χ1) is 20.8. The van der Waals surface area contributed by atoms with Crippen LogP contribution in [0, 0.1) is 0 Å². The van der Waals surface area contributed by atoms with Crippen molar-refractivity contribution >= 4 is 17.3 Å². The molecule has 0 spiro atoms. The quantitative estimate of drug-likeness (QED) is 0.0413. The van der Waals surface area contributed by atoms with E-state index in [1.807, 2.05) is 0 Å². The number of aliphatic hydroxyl groups is 3. The van der Waals surface area contributed by atoms with Crippen LogP contribution in [0.2, 0.25) is 0 Å². The molecule has 0 aromatic rings. The zero-order valence-corrected chi connectivity index (χ0v) is 28.0. The highest BCUT2D eigenvalue weighted by Crippen LogP contribution is 2.25. The fourth-order valence-corrected chi connectivity index (χ4v) is 5.31. The minimum Gasteiger partial charge on any atom is -0.386 e. The van der Waals surface area contributed by atoms with Crippen LogP contribution in [0.15, 0.2) is 24.3 Å². The third-order valence-corrected chi connectivity index (χ3v) is 8.30. The van der Waals surface area contributed by atoms with E-state index in [1.165, 1.54) is 19.3 Å². The second-order valence-electron chi connectivity index (χ2n) is 12.3. The molecule has 6 nitrogen and oxygen atoms in total. The second kappa shape index (κ2) is 27.9. The molecule has 0 saturated carbocycles. The number of hydrogen-bond donors (Lipinski definition) is 3. The molecule has 0 aliphatic carbocycles. The van der Waals surface area contributed by atoms with Gasteiger partial charge in [-0.15, -0.1) is 0 Å². The van der Waals surface area contributed by atoms with E-state index in [-0.39, 0.29) is 19.3 Å². The Kier molecular flexibility index (Phi) is 26.8. The summed E-state index contributed by atoms with van der Waals surface area (Å²) in [6, 6.07) is 0. The highest BCUT2D eigenvalue weighted by molar-refractivity contribution is 6.11. The van der Waals surface area contributed by atoms with E-state index in [0.29, 0.717) is 19.3 Å². The summed E-state index contributed by atoms with van der Waals surface area (Å²) in [5.41, 5.74) is -2.75. The zero-order chi connectivity index (χ0) is 32.2. The number of carbonyl (C=O) groups is 3. The van der Waals surface area contributed by atoms with Crippen molar-refractivity contribution < 1.29 is 29.7 Å². The molecule has 0 saturated heterocycles. The lowest BCUT2D eigenvalue weighted by atomic mass is 9.79. The van der Waals surface area contributed by atoms with Crippen LogP contribution in [0.3, 0.4) is 0 Å². The van der Waals surface area contributed by atoms with E-state index in [1.54, 1.807) is 0 Å². The Morgan fingerprint density at radius 1 is 0.535 bits per heavy atom. The molecular weight excluding hydrogens is 540 g/mol. The van der Waals surface area contributed by atoms with Crippen molar-refractivity contribution in [1.29, 1.82) is 0 Å². The Labute approximate surface area is 263 Å². The van der Waals surface area contributed by atoms with Crippen molar-refractivity contribution in [3.05, 3.63) is 24.3 Å². The van der Waals surface area contributed by atoms with E-state index >= 15 is 0 Å². The third kappa shape index (κ3) is 19.4. The summed E-state index contributed by atoms with van der Waals surface area (Å²) in [5, 5.41) is 32.8. The van der Waals surface area contributed by atoms with Crippen molar-refractivity contribution in [3.8, 4) is 0 Å². The van der Waals surface area contributed by atoms with Gasteiger partial charge >= 0.3 is 0 Å². The summed E-state index contributed by atoms with van der Waals surface area (Å²) in [6.07, 6.45) is 24.8. The Morgan fingerprint density at radius 2 is 0.907 bits per heavy atom. The predicted molar refractivity (Wildman–Crippen MR) is 178 cm³/mol. The first-order valence-electron chi connectivity index (χ1n) is 17.7. The monoisotopic (exact) mass is 606 g/mol. The fourth-order valence-electron chi connectivity index (χ4n) is 5.31. The molecule has 2 unspecified atom stereocenters. The summed E-state index contributed by atoms with van der Waals surface area (Å²) in [7, 11) is 0. The Hall–Kier alpha value is -1.63. The lowest BCUT2D eigenvalue weighted by molar-refractivity contribution is -0.174. The van der Waals surface area contributed by atoms with Gasteiger partial charge in [0, 0.05) is 19.3 Å². The molecule has 0 aliphatic heterocycles. The van der Waals surface area contributed by atoms with Crippen LogP contribution < -0.4 is 0 Å². The number of hydrogen-bond acceptors (Lipinski definition) is 6. The fraction of sp³-hybridized carbons (Fsp3) is 0.811. The maximum absolute atomic E-state index is 13.1.